The van der Waals surface area contributed by atoms with Gasteiger partial charge in [0.15, 0.2) is 0 Å². The van der Waals surface area contributed by atoms with E-state index in [1.807, 2.05) is 24.6 Å². The maximum Gasteiger partial charge on any atom is 0.202 e. The van der Waals surface area contributed by atoms with Gasteiger partial charge < -0.3 is 15.0 Å². The Balaban J connectivity index is 2.45. The van der Waals surface area contributed by atoms with E-state index in [1.54, 1.807) is 6.20 Å². The Morgan fingerprint density at radius 2 is 2.29 bits per heavy atom. The fourth-order valence-electron chi connectivity index (χ4n) is 1.16. The molecule has 0 amide bonds. The summed E-state index contributed by atoms with van der Waals surface area (Å²) < 4.78 is 2.01. The highest BCUT2D eigenvalue weighted by Crippen LogP contribution is 2.06. The molecule has 0 aliphatic rings. The molecule has 1 aromatic rings. The molecule has 0 bridgehead atoms. The van der Waals surface area contributed by atoms with Crippen LogP contribution in [-0.2, 0) is 6.54 Å². The molecule has 0 radical (unpaired) electrons. The maximum atomic E-state index is 9.59. The van der Waals surface area contributed by atoms with E-state index in [9.17, 15) is 5.11 Å². The monoisotopic (exact) mass is 197 g/mol. The third kappa shape index (κ3) is 2.73. The van der Waals surface area contributed by atoms with E-state index < -0.39 is 0 Å². The smallest absolute Gasteiger partial charge is 0.202 e. The number of anilines is 1. The number of rotatable bonds is 5. The van der Waals surface area contributed by atoms with Gasteiger partial charge in [-0.05, 0) is 12.8 Å². The number of hydrogen-bond donors (Lipinski definition) is 2. The van der Waals surface area contributed by atoms with Crippen molar-refractivity contribution < 1.29 is 5.11 Å². The van der Waals surface area contributed by atoms with E-state index in [4.69, 9.17) is 0 Å². The minimum atomic E-state index is -0.322. The minimum absolute atomic E-state index is 0.271. The van der Waals surface area contributed by atoms with Crippen molar-refractivity contribution in [3.63, 3.8) is 0 Å². The van der Waals surface area contributed by atoms with Gasteiger partial charge in [-0.1, -0.05) is 13.8 Å². The first kappa shape index (κ1) is 11.0. The first-order chi connectivity index (χ1) is 6.65. The van der Waals surface area contributed by atoms with Gasteiger partial charge in [0.05, 0.1) is 6.10 Å². The van der Waals surface area contributed by atoms with Crippen LogP contribution in [0, 0.1) is 5.92 Å². The first-order valence-electron chi connectivity index (χ1n) is 5.08. The van der Waals surface area contributed by atoms with E-state index in [2.05, 4.69) is 17.2 Å². The van der Waals surface area contributed by atoms with E-state index in [-0.39, 0.29) is 12.0 Å². The van der Waals surface area contributed by atoms with Crippen LogP contribution in [0.5, 0.6) is 0 Å². The second-order valence-electron chi connectivity index (χ2n) is 3.73. The van der Waals surface area contributed by atoms with Gasteiger partial charge in [-0.15, -0.1) is 0 Å². The van der Waals surface area contributed by atoms with Crippen LogP contribution in [0.3, 0.4) is 0 Å². The minimum Gasteiger partial charge on any atom is -0.391 e. The molecule has 0 fully saturated rings. The largest absolute Gasteiger partial charge is 0.391 e. The van der Waals surface area contributed by atoms with Crippen LogP contribution < -0.4 is 5.32 Å². The average Bonchev–Trinajstić information content (AvgIpc) is 2.60. The summed E-state index contributed by atoms with van der Waals surface area (Å²) >= 11 is 0. The van der Waals surface area contributed by atoms with E-state index >= 15 is 0 Å². The number of nitrogens with one attached hydrogen (secondary N) is 1. The zero-order valence-corrected chi connectivity index (χ0v) is 9.07. The number of imidazole rings is 1. The summed E-state index contributed by atoms with van der Waals surface area (Å²) in [5.41, 5.74) is 0. The van der Waals surface area contributed by atoms with Crippen LogP contribution in [0.25, 0.3) is 0 Å². The number of nitrogens with zero attached hydrogens (tertiary/aromatic N) is 2. The van der Waals surface area contributed by atoms with E-state index in [0.29, 0.717) is 6.54 Å². The Bertz CT molecular complexity index is 270. The standard InChI is InChI=1S/C10H19N3O/c1-4-13-6-5-11-10(13)12-7-9(14)8(2)3/h5-6,8-9,14H,4,7H2,1-3H3,(H,11,12). The molecule has 4 nitrogen and oxygen atoms in total. The average molecular weight is 197 g/mol. The molecule has 1 atom stereocenters. The highest BCUT2D eigenvalue weighted by molar-refractivity contribution is 5.25. The normalized spacial score (nSPS) is 13.2. The second-order valence-corrected chi connectivity index (χ2v) is 3.73. The summed E-state index contributed by atoms with van der Waals surface area (Å²) in [4.78, 5) is 4.16. The SMILES string of the molecule is CCn1ccnc1NCC(O)C(C)C. The number of aryl methyl sites for hydroxylation is 1. The Kier molecular flexibility index (Phi) is 3.95. The van der Waals surface area contributed by atoms with Crippen molar-refractivity contribution in [1.82, 2.24) is 9.55 Å². The lowest BCUT2D eigenvalue weighted by Gasteiger charge is -2.15. The fourth-order valence-corrected chi connectivity index (χ4v) is 1.16. The molecule has 4 heteroatoms. The van der Waals surface area contributed by atoms with Gasteiger partial charge in [0.25, 0.3) is 0 Å². The molecule has 0 aliphatic carbocycles. The predicted molar refractivity (Wildman–Crippen MR) is 57.2 cm³/mol. The van der Waals surface area contributed by atoms with Gasteiger partial charge in [0.2, 0.25) is 5.95 Å². The zero-order valence-electron chi connectivity index (χ0n) is 9.07. The molecular formula is C10H19N3O. The third-order valence-electron chi connectivity index (χ3n) is 2.30. The molecule has 2 N–H and O–H groups in total. The van der Waals surface area contributed by atoms with E-state index in [0.717, 1.165) is 12.5 Å². The Morgan fingerprint density at radius 1 is 1.57 bits per heavy atom. The van der Waals surface area contributed by atoms with Crippen LogP contribution in [0.15, 0.2) is 12.4 Å². The van der Waals surface area contributed by atoms with Crippen LogP contribution in [0.1, 0.15) is 20.8 Å². The molecule has 0 saturated carbocycles. The Morgan fingerprint density at radius 3 is 2.86 bits per heavy atom. The highest BCUT2D eigenvalue weighted by Gasteiger charge is 2.09. The molecule has 1 heterocycles. The molecule has 14 heavy (non-hydrogen) atoms. The van der Waals surface area contributed by atoms with Gasteiger partial charge in [-0.3, -0.25) is 0 Å². The molecule has 0 saturated heterocycles. The molecule has 1 rings (SSSR count). The summed E-state index contributed by atoms with van der Waals surface area (Å²) in [5, 5.41) is 12.7. The third-order valence-corrected chi connectivity index (χ3v) is 2.30. The van der Waals surface area contributed by atoms with Gasteiger partial charge in [0.1, 0.15) is 0 Å². The van der Waals surface area contributed by atoms with Crippen LogP contribution >= 0.6 is 0 Å². The molecule has 0 aromatic carbocycles. The summed E-state index contributed by atoms with van der Waals surface area (Å²) in [6.07, 6.45) is 3.36. The summed E-state index contributed by atoms with van der Waals surface area (Å²) in [6, 6.07) is 0. The van der Waals surface area contributed by atoms with Crippen molar-refractivity contribution in [1.29, 1.82) is 0 Å². The lowest BCUT2D eigenvalue weighted by Crippen LogP contribution is -2.25. The summed E-state index contributed by atoms with van der Waals surface area (Å²) in [7, 11) is 0. The number of hydrogen-bond acceptors (Lipinski definition) is 3. The van der Waals surface area contributed by atoms with E-state index in [1.165, 1.54) is 0 Å². The molecule has 80 valence electrons. The quantitative estimate of drug-likeness (QED) is 0.748. The number of aliphatic hydroxyl groups excluding tert-OH is 1. The van der Waals surface area contributed by atoms with Crippen molar-refractivity contribution in [3.05, 3.63) is 12.4 Å². The van der Waals surface area contributed by atoms with Crippen molar-refractivity contribution in [2.45, 2.75) is 33.4 Å². The molecule has 1 unspecified atom stereocenters. The van der Waals surface area contributed by atoms with Gasteiger partial charge >= 0.3 is 0 Å². The Hall–Kier alpha value is -1.03. The fraction of sp³-hybridized carbons (Fsp3) is 0.700. The zero-order chi connectivity index (χ0) is 10.6. The molecule has 1 aromatic heterocycles. The predicted octanol–water partition coefficient (Wildman–Crippen LogP) is 1.33. The number of aliphatic hydroxyl groups is 1. The maximum absolute atomic E-state index is 9.59. The molecular weight excluding hydrogens is 178 g/mol. The van der Waals surface area contributed by atoms with Crippen LogP contribution in [0.2, 0.25) is 0 Å². The number of aromatic nitrogens is 2. The molecule has 0 aliphatic heterocycles. The van der Waals surface area contributed by atoms with Crippen LogP contribution in [-0.4, -0.2) is 27.3 Å². The van der Waals surface area contributed by atoms with Gasteiger partial charge in [0, 0.05) is 25.5 Å². The van der Waals surface area contributed by atoms with Gasteiger partial charge in [-0.2, -0.15) is 0 Å². The van der Waals surface area contributed by atoms with Crippen molar-refractivity contribution >= 4 is 5.95 Å². The Labute approximate surface area is 85.0 Å². The van der Waals surface area contributed by atoms with Crippen LogP contribution in [0.4, 0.5) is 5.95 Å². The highest BCUT2D eigenvalue weighted by atomic mass is 16.3. The summed E-state index contributed by atoms with van der Waals surface area (Å²) in [5.74, 6) is 1.10. The topological polar surface area (TPSA) is 50.1 Å². The summed E-state index contributed by atoms with van der Waals surface area (Å²) in [6.45, 7) is 7.50. The first-order valence-corrected chi connectivity index (χ1v) is 5.08. The van der Waals surface area contributed by atoms with Crippen molar-refractivity contribution in [2.75, 3.05) is 11.9 Å². The lowest BCUT2D eigenvalue weighted by molar-refractivity contribution is 0.137. The van der Waals surface area contributed by atoms with Crippen molar-refractivity contribution in [2.24, 2.45) is 5.92 Å². The van der Waals surface area contributed by atoms with Crippen molar-refractivity contribution in [3.8, 4) is 0 Å². The second kappa shape index (κ2) is 5.00. The lowest BCUT2D eigenvalue weighted by atomic mass is 10.1. The molecule has 0 spiro atoms. The van der Waals surface area contributed by atoms with Gasteiger partial charge in [-0.25, -0.2) is 4.98 Å².